The first-order valence-electron chi connectivity index (χ1n) is 5.53. The number of amides is 1. The van der Waals surface area contributed by atoms with Crippen LogP contribution in [0.15, 0.2) is 34.9 Å². The van der Waals surface area contributed by atoms with E-state index in [0.717, 1.165) is 0 Å². The summed E-state index contributed by atoms with van der Waals surface area (Å²) in [5, 5.41) is 11.8. The fourth-order valence-electron chi connectivity index (χ4n) is 1.57. The second kappa shape index (κ2) is 6.43. The van der Waals surface area contributed by atoms with Crippen LogP contribution in [0.3, 0.4) is 0 Å². The highest BCUT2D eigenvalue weighted by molar-refractivity contribution is 9.10. The Morgan fingerprint density at radius 2 is 1.90 bits per heavy atom. The third-order valence-corrected chi connectivity index (χ3v) is 3.43. The summed E-state index contributed by atoms with van der Waals surface area (Å²) in [5.41, 5.74) is 0.503. The number of halogens is 3. The van der Waals surface area contributed by atoms with Crippen LogP contribution in [0, 0.1) is 0 Å². The standard InChI is InChI=1S/C13H7BrCl2N2O3/c14-7-1-6(13(20)21)2-8(3-7)18-12(19)9-4-11(16)17-5-10(9)15/h1-5H,(H,18,19)(H,20,21). The zero-order chi connectivity index (χ0) is 15.6. The summed E-state index contributed by atoms with van der Waals surface area (Å²) in [5.74, 6) is -1.62. The van der Waals surface area contributed by atoms with Crippen molar-refractivity contribution in [2.24, 2.45) is 0 Å². The van der Waals surface area contributed by atoms with E-state index in [1.54, 1.807) is 6.07 Å². The van der Waals surface area contributed by atoms with Crippen LogP contribution in [0.25, 0.3) is 0 Å². The van der Waals surface area contributed by atoms with Gasteiger partial charge in [-0.25, -0.2) is 9.78 Å². The van der Waals surface area contributed by atoms with Crippen molar-refractivity contribution < 1.29 is 14.7 Å². The van der Waals surface area contributed by atoms with Gasteiger partial charge in [0.1, 0.15) is 5.15 Å². The highest BCUT2D eigenvalue weighted by Gasteiger charge is 2.13. The van der Waals surface area contributed by atoms with Gasteiger partial charge in [0.05, 0.1) is 16.1 Å². The molecule has 0 fully saturated rings. The normalized spacial score (nSPS) is 10.2. The molecule has 1 aromatic heterocycles. The smallest absolute Gasteiger partial charge is 0.335 e. The quantitative estimate of drug-likeness (QED) is 0.774. The third kappa shape index (κ3) is 3.93. The van der Waals surface area contributed by atoms with Crippen molar-refractivity contribution in [3.8, 4) is 0 Å². The first-order valence-corrected chi connectivity index (χ1v) is 7.08. The lowest BCUT2D eigenvalue weighted by molar-refractivity contribution is 0.0696. The Hall–Kier alpha value is -1.63. The van der Waals surface area contributed by atoms with Crippen LogP contribution >= 0.6 is 39.1 Å². The van der Waals surface area contributed by atoms with Gasteiger partial charge in [-0.05, 0) is 24.3 Å². The minimum atomic E-state index is -1.10. The predicted octanol–water partition coefficient (Wildman–Crippen LogP) is 4.10. The molecule has 0 aliphatic rings. The van der Waals surface area contributed by atoms with Crippen LogP contribution in [-0.4, -0.2) is 22.0 Å². The zero-order valence-electron chi connectivity index (χ0n) is 10.2. The molecule has 2 aromatic rings. The summed E-state index contributed by atoms with van der Waals surface area (Å²) < 4.78 is 0.525. The Morgan fingerprint density at radius 3 is 2.57 bits per heavy atom. The van der Waals surface area contributed by atoms with Gasteiger partial charge in [0.15, 0.2) is 0 Å². The second-order valence-corrected chi connectivity index (χ2v) is 5.68. The number of rotatable bonds is 3. The van der Waals surface area contributed by atoms with E-state index in [1.165, 1.54) is 24.4 Å². The summed E-state index contributed by atoms with van der Waals surface area (Å²) in [4.78, 5) is 26.9. The van der Waals surface area contributed by atoms with E-state index in [2.05, 4.69) is 26.2 Å². The predicted molar refractivity (Wildman–Crippen MR) is 83.3 cm³/mol. The van der Waals surface area contributed by atoms with Crippen molar-refractivity contribution in [3.05, 3.63) is 56.2 Å². The van der Waals surface area contributed by atoms with Gasteiger partial charge >= 0.3 is 5.97 Å². The molecule has 108 valence electrons. The van der Waals surface area contributed by atoms with Crippen molar-refractivity contribution in [1.82, 2.24) is 4.98 Å². The highest BCUT2D eigenvalue weighted by atomic mass is 79.9. The molecule has 0 bridgehead atoms. The molecule has 2 N–H and O–H groups in total. The van der Waals surface area contributed by atoms with Gasteiger partial charge in [-0.3, -0.25) is 4.79 Å². The molecule has 0 saturated carbocycles. The van der Waals surface area contributed by atoms with Gasteiger partial charge in [-0.15, -0.1) is 0 Å². The number of nitrogens with zero attached hydrogens (tertiary/aromatic N) is 1. The number of carboxylic acid groups (broad SMARTS) is 1. The van der Waals surface area contributed by atoms with Crippen LogP contribution in [0.4, 0.5) is 5.69 Å². The molecule has 0 radical (unpaired) electrons. The van der Waals surface area contributed by atoms with E-state index in [4.69, 9.17) is 28.3 Å². The van der Waals surface area contributed by atoms with E-state index in [-0.39, 0.29) is 21.3 Å². The number of pyridine rings is 1. The number of carboxylic acids is 1. The zero-order valence-corrected chi connectivity index (χ0v) is 13.3. The van der Waals surface area contributed by atoms with Crippen LogP contribution < -0.4 is 5.32 Å². The Kier molecular flexibility index (Phi) is 4.82. The largest absolute Gasteiger partial charge is 0.478 e. The van der Waals surface area contributed by atoms with Crippen molar-refractivity contribution >= 4 is 56.7 Å². The molecule has 1 heterocycles. The summed E-state index contributed by atoms with van der Waals surface area (Å²) in [6, 6.07) is 5.66. The fraction of sp³-hybridized carbons (Fsp3) is 0. The van der Waals surface area contributed by atoms with Gasteiger partial charge < -0.3 is 10.4 Å². The summed E-state index contributed by atoms with van der Waals surface area (Å²) in [7, 11) is 0. The van der Waals surface area contributed by atoms with Gasteiger partial charge in [-0.2, -0.15) is 0 Å². The van der Waals surface area contributed by atoms with Crippen molar-refractivity contribution in [1.29, 1.82) is 0 Å². The number of hydrogen-bond donors (Lipinski definition) is 2. The molecular formula is C13H7BrCl2N2O3. The number of benzene rings is 1. The molecule has 21 heavy (non-hydrogen) atoms. The molecule has 0 aliphatic heterocycles. The van der Waals surface area contributed by atoms with Crippen molar-refractivity contribution in [2.45, 2.75) is 0 Å². The lowest BCUT2D eigenvalue weighted by atomic mass is 10.2. The molecule has 0 saturated heterocycles. The summed E-state index contributed by atoms with van der Waals surface area (Å²) in [6.45, 7) is 0. The second-order valence-electron chi connectivity index (χ2n) is 3.97. The maximum atomic E-state index is 12.1. The van der Waals surface area contributed by atoms with E-state index < -0.39 is 11.9 Å². The Balaban J connectivity index is 2.31. The van der Waals surface area contributed by atoms with Crippen LogP contribution in [0.5, 0.6) is 0 Å². The van der Waals surface area contributed by atoms with Crippen molar-refractivity contribution in [2.75, 3.05) is 5.32 Å². The number of anilines is 1. The molecule has 1 aromatic carbocycles. The van der Waals surface area contributed by atoms with Crippen LogP contribution in [0.1, 0.15) is 20.7 Å². The first-order chi connectivity index (χ1) is 9.86. The Labute approximate surface area is 138 Å². The van der Waals surface area contributed by atoms with Crippen molar-refractivity contribution in [3.63, 3.8) is 0 Å². The molecule has 8 heteroatoms. The number of carbonyl (C=O) groups is 2. The molecule has 0 aliphatic carbocycles. The summed E-state index contributed by atoms with van der Waals surface area (Å²) >= 11 is 14.8. The molecular weight excluding hydrogens is 383 g/mol. The van der Waals surface area contributed by atoms with Crippen LogP contribution in [0.2, 0.25) is 10.2 Å². The molecule has 0 spiro atoms. The average Bonchev–Trinajstić information content (AvgIpc) is 2.40. The third-order valence-electron chi connectivity index (χ3n) is 2.47. The molecule has 0 atom stereocenters. The van der Waals surface area contributed by atoms with Gasteiger partial charge in [0, 0.05) is 16.4 Å². The van der Waals surface area contributed by atoms with Gasteiger partial charge in [0.25, 0.3) is 5.91 Å². The number of carbonyl (C=O) groups excluding carboxylic acids is 1. The molecule has 2 rings (SSSR count). The number of aromatic carboxylic acids is 1. The lowest BCUT2D eigenvalue weighted by Gasteiger charge is -2.08. The number of hydrogen-bond acceptors (Lipinski definition) is 3. The maximum Gasteiger partial charge on any atom is 0.335 e. The number of nitrogens with one attached hydrogen (secondary N) is 1. The Bertz CT molecular complexity index is 737. The monoisotopic (exact) mass is 388 g/mol. The van der Waals surface area contributed by atoms with Gasteiger partial charge in [-0.1, -0.05) is 39.1 Å². The Morgan fingerprint density at radius 1 is 1.19 bits per heavy atom. The van der Waals surface area contributed by atoms with Gasteiger partial charge in [0.2, 0.25) is 0 Å². The minimum Gasteiger partial charge on any atom is -0.478 e. The SMILES string of the molecule is O=C(O)c1cc(Br)cc(NC(=O)c2cc(Cl)ncc2Cl)c1. The van der Waals surface area contributed by atoms with E-state index in [1.807, 2.05) is 0 Å². The van der Waals surface area contributed by atoms with E-state index in [9.17, 15) is 9.59 Å². The number of aromatic nitrogens is 1. The fourth-order valence-corrected chi connectivity index (χ4v) is 2.41. The maximum absolute atomic E-state index is 12.1. The topological polar surface area (TPSA) is 79.3 Å². The van der Waals surface area contributed by atoms with E-state index in [0.29, 0.717) is 10.2 Å². The lowest BCUT2D eigenvalue weighted by Crippen LogP contribution is -2.13. The van der Waals surface area contributed by atoms with Crippen LogP contribution in [-0.2, 0) is 0 Å². The highest BCUT2D eigenvalue weighted by Crippen LogP contribution is 2.23. The van der Waals surface area contributed by atoms with E-state index >= 15 is 0 Å². The molecule has 1 amide bonds. The average molecular weight is 390 g/mol. The first kappa shape index (κ1) is 15.8. The summed E-state index contributed by atoms with van der Waals surface area (Å²) in [6.07, 6.45) is 1.27. The molecule has 0 unspecified atom stereocenters. The molecule has 5 nitrogen and oxygen atoms in total. The minimum absolute atomic E-state index is 0.0403.